The van der Waals surface area contributed by atoms with Crippen molar-refractivity contribution < 1.29 is 17.9 Å². The first-order valence-corrected chi connectivity index (χ1v) is 12.3. The number of benzene rings is 1. The van der Waals surface area contributed by atoms with Gasteiger partial charge in [-0.2, -0.15) is 15.0 Å². The van der Waals surface area contributed by atoms with Gasteiger partial charge in [0.15, 0.2) is 5.16 Å². The number of nitrogens with one attached hydrogen (secondary N) is 2. The monoisotopic (exact) mass is 477 g/mol. The van der Waals surface area contributed by atoms with E-state index in [9.17, 15) is 17.9 Å². The van der Waals surface area contributed by atoms with Crippen molar-refractivity contribution in [3.63, 3.8) is 0 Å². The quantitative estimate of drug-likeness (QED) is 0.443. The van der Waals surface area contributed by atoms with Crippen LogP contribution in [-0.2, 0) is 10.0 Å². The van der Waals surface area contributed by atoms with E-state index in [1.54, 1.807) is 6.07 Å². The van der Waals surface area contributed by atoms with Crippen molar-refractivity contribution in [2.24, 2.45) is 5.92 Å². The number of sulfonamides is 1. The third-order valence-corrected chi connectivity index (χ3v) is 5.78. The highest BCUT2D eigenvalue weighted by atomic mass is 35.5. The van der Waals surface area contributed by atoms with Gasteiger partial charge in [0.05, 0.1) is 23.9 Å². The number of anilines is 2. The number of aliphatic hydroxyl groups excluding tert-OH is 1. The summed E-state index contributed by atoms with van der Waals surface area (Å²) in [5.74, 6) is -0.224. The Bertz CT molecular complexity index is 978. The van der Waals surface area contributed by atoms with E-state index in [-0.39, 0.29) is 40.0 Å². The lowest BCUT2D eigenvalue weighted by molar-refractivity contribution is 0.259. The second-order valence-corrected chi connectivity index (χ2v) is 10.7. The molecule has 2 rings (SSSR count). The Morgan fingerprint density at radius 1 is 1.20 bits per heavy atom. The minimum Gasteiger partial charge on any atom is -0.394 e. The lowest BCUT2D eigenvalue weighted by Crippen LogP contribution is -2.27. The molecule has 2 atom stereocenters. The van der Waals surface area contributed by atoms with Crippen molar-refractivity contribution in [3.05, 3.63) is 34.6 Å². The molecule has 30 heavy (non-hydrogen) atoms. The summed E-state index contributed by atoms with van der Waals surface area (Å²) in [7, 11) is -3.61. The summed E-state index contributed by atoms with van der Waals surface area (Å²) in [6.07, 6.45) is 1.66. The van der Waals surface area contributed by atoms with Crippen LogP contribution in [-0.4, -0.2) is 47.4 Å². The molecule has 3 N–H and O–H groups in total. The van der Waals surface area contributed by atoms with Crippen LogP contribution in [0.5, 0.6) is 0 Å². The number of thioether (sulfide) groups is 1. The Labute approximate surface area is 185 Å². The van der Waals surface area contributed by atoms with E-state index >= 15 is 0 Å². The zero-order chi connectivity index (χ0) is 22.5. The standard InChI is InChI=1S/C18H25ClFN5O3S2/c1-10(2)7-13(9-26)21-16-22-17(25-30(4,27)28)24-18(23-16)29-11(3)12-5-6-14(19)15(20)8-12/h5-6,8,10-11,13,26H,7,9H2,1-4H3,(H2,21,22,23,24,25)/t11-,13+/m0/s1. The third kappa shape index (κ3) is 7.86. The summed E-state index contributed by atoms with van der Waals surface area (Å²) in [5.41, 5.74) is 0.669. The topological polar surface area (TPSA) is 117 Å². The van der Waals surface area contributed by atoms with E-state index in [1.807, 2.05) is 20.8 Å². The fourth-order valence-electron chi connectivity index (χ4n) is 2.61. The van der Waals surface area contributed by atoms with Crippen LogP contribution in [0, 0.1) is 11.7 Å². The first kappa shape index (κ1) is 24.6. The second kappa shape index (κ2) is 10.6. The molecule has 12 heteroatoms. The van der Waals surface area contributed by atoms with E-state index in [0.717, 1.165) is 6.26 Å². The molecule has 0 aliphatic heterocycles. The average molecular weight is 478 g/mol. The molecule has 2 aromatic rings. The van der Waals surface area contributed by atoms with E-state index in [2.05, 4.69) is 25.0 Å². The SMILES string of the molecule is CC(C)C[C@H](CO)Nc1nc(NS(C)(=O)=O)nc(S[C@@H](C)c2ccc(Cl)c(F)c2)n1. The van der Waals surface area contributed by atoms with Crippen LogP contribution in [0.3, 0.4) is 0 Å². The molecule has 0 aliphatic carbocycles. The predicted octanol–water partition coefficient (Wildman–Crippen LogP) is 3.71. The summed E-state index contributed by atoms with van der Waals surface area (Å²) in [6.45, 7) is 5.73. The number of aromatic nitrogens is 3. The van der Waals surface area contributed by atoms with Gasteiger partial charge in [0.1, 0.15) is 5.82 Å². The highest BCUT2D eigenvalue weighted by Crippen LogP contribution is 2.34. The molecule has 0 unspecified atom stereocenters. The van der Waals surface area contributed by atoms with E-state index < -0.39 is 15.8 Å². The van der Waals surface area contributed by atoms with Gasteiger partial charge >= 0.3 is 0 Å². The van der Waals surface area contributed by atoms with Crippen molar-refractivity contribution in [2.45, 2.75) is 43.6 Å². The van der Waals surface area contributed by atoms with E-state index in [1.165, 1.54) is 23.9 Å². The Morgan fingerprint density at radius 2 is 1.87 bits per heavy atom. The molecule has 166 valence electrons. The predicted molar refractivity (Wildman–Crippen MR) is 118 cm³/mol. The van der Waals surface area contributed by atoms with Crippen LogP contribution >= 0.6 is 23.4 Å². The van der Waals surface area contributed by atoms with Gasteiger partial charge in [0, 0.05) is 5.25 Å². The highest BCUT2D eigenvalue weighted by Gasteiger charge is 2.18. The van der Waals surface area contributed by atoms with Crippen LogP contribution in [0.2, 0.25) is 5.02 Å². The smallest absolute Gasteiger partial charge is 0.242 e. The Morgan fingerprint density at radius 3 is 2.43 bits per heavy atom. The van der Waals surface area contributed by atoms with E-state index in [0.29, 0.717) is 17.9 Å². The Balaban J connectivity index is 2.31. The molecule has 0 amide bonds. The summed E-state index contributed by atoms with van der Waals surface area (Å²) < 4.78 is 39.3. The normalized spacial score (nSPS) is 13.9. The molecule has 0 saturated carbocycles. The van der Waals surface area contributed by atoms with Gasteiger partial charge in [0.25, 0.3) is 0 Å². The summed E-state index contributed by atoms with van der Waals surface area (Å²) in [6, 6.07) is 4.20. The number of hydrogen-bond donors (Lipinski definition) is 3. The second-order valence-electron chi connectivity index (χ2n) is 7.23. The van der Waals surface area contributed by atoms with Gasteiger partial charge in [-0.3, -0.25) is 4.72 Å². The lowest BCUT2D eigenvalue weighted by Gasteiger charge is -2.19. The molecule has 8 nitrogen and oxygen atoms in total. The van der Waals surface area contributed by atoms with Crippen molar-refractivity contribution in [1.29, 1.82) is 0 Å². The van der Waals surface area contributed by atoms with Gasteiger partial charge in [-0.1, -0.05) is 43.3 Å². The number of aliphatic hydroxyl groups is 1. The highest BCUT2D eigenvalue weighted by molar-refractivity contribution is 7.99. The average Bonchev–Trinajstić information content (AvgIpc) is 2.61. The van der Waals surface area contributed by atoms with Gasteiger partial charge in [-0.25, -0.2) is 12.8 Å². The fourth-order valence-corrected chi connectivity index (χ4v) is 4.03. The molecule has 0 spiro atoms. The number of hydrogen-bond acceptors (Lipinski definition) is 8. The fraction of sp³-hybridized carbons (Fsp3) is 0.500. The van der Waals surface area contributed by atoms with Crippen molar-refractivity contribution in [1.82, 2.24) is 15.0 Å². The molecule has 1 heterocycles. The number of rotatable bonds is 10. The van der Waals surface area contributed by atoms with Gasteiger partial charge in [0.2, 0.25) is 21.9 Å². The molecule has 0 aliphatic rings. The van der Waals surface area contributed by atoms with Crippen molar-refractivity contribution >= 4 is 45.3 Å². The van der Waals surface area contributed by atoms with Crippen LogP contribution in [0.15, 0.2) is 23.4 Å². The first-order chi connectivity index (χ1) is 14.0. The number of nitrogens with zero attached hydrogens (tertiary/aromatic N) is 3. The maximum atomic E-state index is 13.8. The first-order valence-electron chi connectivity index (χ1n) is 9.19. The largest absolute Gasteiger partial charge is 0.394 e. The Kier molecular flexibility index (Phi) is 8.65. The van der Waals surface area contributed by atoms with Crippen molar-refractivity contribution in [2.75, 3.05) is 22.9 Å². The minimum absolute atomic E-state index is 0.0300. The molecule has 1 aromatic carbocycles. The van der Waals surface area contributed by atoms with E-state index in [4.69, 9.17) is 11.6 Å². The van der Waals surface area contributed by atoms with Crippen LogP contribution < -0.4 is 10.0 Å². The summed E-state index contributed by atoms with van der Waals surface area (Å²) in [5, 5.41) is 12.6. The molecular weight excluding hydrogens is 453 g/mol. The lowest BCUT2D eigenvalue weighted by atomic mass is 10.0. The summed E-state index contributed by atoms with van der Waals surface area (Å²) in [4.78, 5) is 12.6. The van der Waals surface area contributed by atoms with Crippen molar-refractivity contribution in [3.8, 4) is 0 Å². The third-order valence-electron chi connectivity index (χ3n) is 3.90. The Hall–Kier alpha value is -1.69. The molecule has 0 bridgehead atoms. The van der Waals surface area contributed by atoms with Gasteiger partial charge in [-0.05, 0) is 37.0 Å². The van der Waals surface area contributed by atoms with Gasteiger partial charge in [-0.15, -0.1) is 0 Å². The maximum Gasteiger partial charge on any atom is 0.242 e. The molecule has 0 fully saturated rings. The molecule has 0 saturated heterocycles. The minimum atomic E-state index is -3.61. The zero-order valence-corrected chi connectivity index (χ0v) is 19.4. The summed E-state index contributed by atoms with van der Waals surface area (Å²) >= 11 is 6.94. The van der Waals surface area contributed by atoms with Crippen LogP contribution in [0.1, 0.15) is 38.0 Å². The molecular formula is C18H25ClFN5O3S2. The van der Waals surface area contributed by atoms with Crippen LogP contribution in [0.4, 0.5) is 16.3 Å². The maximum absolute atomic E-state index is 13.8. The molecule has 1 aromatic heterocycles. The van der Waals surface area contributed by atoms with Crippen LogP contribution in [0.25, 0.3) is 0 Å². The molecule has 0 radical (unpaired) electrons. The zero-order valence-electron chi connectivity index (χ0n) is 17.1. The number of halogens is 2. The van der Waals surface area contributed by atoms with Gasteiger partial charge < -0.3 is 10.4 Å².